The van der Waals surface area contributed by atoms with Crippen molar-refractivity contribution in [2.24, 2.45) is 11.3 Å². The smallest absolute Gasteiger partial charge is 0.0294 e. The average molecular weight is 273 g/mol. The SMILES string of the molecule is Cc1cccc([C@H](C)NC2CCCCC2C(C)(C)C)c1. The summed E-state index contributed by atoms with van der Waals surface area (Å²) in [6, 6.07) is 10.0. The largest absolute Gasteiger partial charge is 0.307 e. The van der Waals surface area contributed by atoms with E-state index in [2.05, 4.69) is 64.2 Å². The van der Waals surface area contributed by atoms with Crippen molar-refractivity contribution in [3.63, 3.8) is 0 Å². The average Bonchev–Trinajstić information content (AvgIpc) is 2.38. The first-order valence-electron chi connectivity index (χ1n) is 8.20. The molecule has 0 radical (unpaired) electrons. The number of aryl methyl sites for hydroxylation is 1. The molecule has 0 saturated heterocycles. The summed E-state index contributed by atoms with van der Waals surface area (Å²) in [4.78, 5) is 0. The molecule has 1 aliphatic rings. The van der Waals surface area contributed by atoms with Gasteiger partial charge in [-0.1, -0.05) is 63.4 Å². The summed E-state index contributed by atoms with van der Waals surface area (Å²) < 4.78 is 0. The van der Waals surface area contributed by atoms with Crippen molar-refractivity contribution in [3.8, 4) is 0 Å². The van der Waals surface area contributed by atoms with E-state index in [0.717, 1.165) is 5.92 Å². The highest BCUT2D eigenvalue weighted by Gasteiger charge is 2.34. The van der Waals surface area contributed by atoms with E-state index < -0.39 is 0 Å². The molecule has 2 unspecified atom stereocenters. The lowest BCUT2D eigenvalue weighted by molar-refractivity contribution is 0.124. The second-order valence-corrected chi connectivity index (χ2v) is 7.67. The highest BCUT2D eigenvalue weighted by Crippen LogP contribution is 2.38. The summed E-state index contributed by atoms with van der Waals surface area (Å²) >= 11 is 0. The first-order chi connectivity index (χ1) is 9.38. The lowest BCUT2D eigenvalue weighted by Gasteiger charge is -2.42. The van der Waals surface area contributed by atoms with Crippen molar-refractivity contribution >= 4 is 0 Å². The summed E-state index contributed by atoms with van der Waals surface area (Å²) in [5, 5.41) is 3.92. The van der Waals surface area contributed by atoms with Gasteiger partial charge in [-0.3, -0.25) is 0 Å². The van der Waals surface area contributed by atoms with Crippen LogP contribution in [0.15, 0.2) is 24.3 Å². The number of rotatable bonds is 3. The van der Waals surface area contributed by atoms with Crippen molar-refractivity contribution in [2.45, 2.75) is 72.4 Å². The molecular formula is C19H31N. The maximum Gasteiger partial charge on any atom is 0.0294 e. The van der Waals surface area contributed by atoms with Crippen molar-refractivity contribution in [2.75, 3.05) is 0 Å². The minimum absolute atomic E-state index is 0.407. The molecule has 20 heavy (non-hydrogen) atoms. The lowest BCUT2D eigenvalue weighted by Crippen LogP contribution is -2.45. The van der Waals surface area contributed by atoms with Crippen molar-refractivity contribution in [3.05, 3.63) is 35.4 Å². The molecule has 2 rings (SSSR count). The third-order valence-electron chi connectivity index (χ3n) is 4.88. The molecule has 112 valence electrons. The number of hydrogen-bond acceptors (Lipinski definition) is 1. The maximum atomic E-state index is 3.92. The summed E-state index contributed by atoms with van der Waals surface area (Å²) in [5.74, 6) is 0.795. The van der Waals surface area contributed by atoms with Gasteiger partial charge in [0.2, 0.25) is 0 Å². The second kappa shape index (κ2) is 6.30. The molecule has 0 aliphatic heterocycles. The minimum Gasteiger partial charge on any atom is -0.307 e. The van der Waals surface area contributed by atoms with Crippen molar-refractivity contribution < 1.29 is 0 Å². The van der Waals surface area contributed by atoms with Gasteiger partial charge in [0.15, 0.2) is 0 Å². The second-order valence-electron chi connectivity index (χ2n) is 7.67. The van der Waals surface area contributed by atoms with Crippen LogP contribution in [0.3, 0.4) is 0 Å². The van der Waals surface area contributed by atoms with Gasteiger partial charge in [-0.25, -0.2) is 0 Å². The maximum absolute atomic E-state index is 3.92. The van der Waals surface area contributed by atoms with Crippen molar-refractivity contribution in [1.82, 2.24) is 5.32 Å². The zero-order valence-corrected chi connectivity index (χ0v) is 13.9. The molecule has 0 heterocycles. The van der Waals surface area contributed by atoms with Crippen LogP contribution in [0.25, 0.3) is 0 Å². The van der Waals surface area contributed by atoms with Crippen LogP contribution >= 0.6 is 0 Å². The third kappa shape index (κ3) is 3.85. The molecule has 1 heteroatoms. The minimum atomic E-state index is 0.407. The van der Waals surface area contributed by atoms with E-state index >= 15 is 0 Å². The number of nitrogens with one attached hydrogen (secondary N) is 1. The number of hydrogen-bond donors (Lipinski definition) is 1. The molecule has 0 aromatic heterocycles. The van der Waals surface area contributed by atoms with E-state index in [1.165, 1.54) is 36.8 Å². The van der Waals surface area contributed by atoms with Gasteiger partial charge in [0.05, 0.1) is 0 Å². The van der Waals surface area contributed by atoms with Gasteiger partial charge >= 0.3 is 0 Å². The van der Waals surface area contributed by atoms with Crippen molar-refractivity contribution in [1.29, 1.82) is 0 Å². The fourth-order valence-corrected chi connectivity index (χ4v) is 3.72. The van der Waals surface area contributed by atoms with Crippen LogP contribution in [0.4, 0.5) is 0 Å². The first-order valence-corrected chi connectivity index (χ1v) is 8.20. The van der Waals surface area contributed by atoms with Gasteiger partial charge in [-0.2, -0.15) is 0 Å². The summed E-state index contributed by atoms with van der Waals surface area (Å²) in [5.41, 5.74) is 3.18. The molecule has 1 aromatic carbocycles. The molecule has 0 amide bonds. The predicted molar refractivity (Wildman–Crippen MR) is 87.9 cm³/mol. The molecule has 1 aliphatic carbocycles. The summed E-state index contributed by atoms with van der Waals surface area (Å²) in [6.07, 6.45) is 5.49. The molecule has 1 saturated carbocycles. The molecule has 3 atom stereocenters. The van der Waals surface area contributed by atoms with Crippen LogP contribution in [-0.2, 0) is 0 Å². The highest BCUT2D eigenvalue weighted by atomic mass is 15.0. The molecule has 1 aromatic rings. The van der Waals surface area contributed by atoms with Crippen LogP contribution in [-0.4, -0.2) is 6.04 Å². The van der Waals surface area contributed by atoms with E-state index in [-0.39, 0.29) is 0 Å². The number of benzene rings is 1. The zero-order valence-electron chi connectivity index (χ0n) is 13.9. The molecule has 1 nitrogen and oxygen atoms in total. The highest BCUT2D eigenvalue weighted by molar-refractivity contribution is 5.24. The van der Waals surface area contributed by atoms with Crippen LogP contribution in [0.2, 0.25) is 0 Å². The van der Waals surface area contributed by atoms with Gasteiger partial charge in [0, 0.05) is 12.1 Å². The van der Waals surface area contributed by atoms with Crippen LogP contribution in [0.1, 0.15) is 70.5 Å². The lowest BCUT2D eigenvalue weighted by atomic mass is 9.69. The monoisotopic (exact) mass is 273 g/mol. The quantitative estimate of drug-likeness (QED) is 0.793. The van der Waals surface area contributed by atoms with E-state index in [4.69, 9.17) is 0 Å². The summed E-state index contributed by atoms with van der Waals surface area (Å²) in [7, 11) is 0. The van der Waals surface area contributed by atoms with Crippen LogP contribution in [0.5, 0.6) is 0 Å². The zero-order chi connectivity index (χ0) is 14.8. The van der Waals surface area contributed by atoms with E-state index in [1.54, 1.807) is 0 Å². The Hall–Kier alpha value is -0.820. The Kier molecular flexibility index (Phi) is 4.90. The molecule has 1 N–H and O–H groups in total. The van der Waals surface area contributed by atoms with Gasteiger partial charge < -0.3 is 5.32 Å². The van der Waals surface area contributed by atoms with Gasteiger partial charge in [0.25, 0.3) is 0 Å². The molecular weight excluding hydrogens is 242 g/mol. The third-order valence-corrected chi connectivity index (χ3v) is 4.88. The Balaban J connectivity index is 2.07. The Labute approximate surface area is 125 Å². The first kappa shape index (κ1) is 15.6. The predicted octanol–water partition coefficient (Wildman–Crippen LogP) is 5.25. The van der Waals surface area contributed by atoms with E-state index in [1.807, 2.05) is 0 Å². The van der Waals surface area contributed by atoms with E-state index in [0.29, 0.717) is 17.5 Å². The van der Waals surface area contributed by atoms with Crippen LogP contribution < -0.4 is 5.32 Å². The standard InChI is InChI=1S/C19H31N/c1-14-9-8-10-16(13-14)15(2)20-18-12-7-6-11-17(18)19(3,4)5/h8-10,13,15,17-18,20H,6-7,11-12H2,1-5H3/t15-,17?,18?/m0/s1. The fraction of sp³-hybridized carbons (Fsp3) is 0.684. The van der Waals surface area contributed by atoms with Gasteiger partial charge in [-0.15, -0.1) is 0 Å². The Morgan fingerprint density at radius 2 is 1.85 bits per heavy atom. The molecule has 1 fully saturated rings. The van der Waals surface area contributed by atoms with Crippen LogP contribution in [0, 0.1) is 18.3 Å². The Morgan fingerprint density at radius 3 is 2.50 bits per heavy atom. The topological polar surface area (TPSA) is 12.0 Å². The molecule has 0 bridgehead atoms. The normalized spacial score (nSPS) is 25.4. The fourth-order valence-electron chi connectivity index (χ4n) is 3.72. The van der Waals surface area contributed by atoms with E-state index in [9.17, 15) is 0 Å². The molecule has 0 spiro atoms. The van der Waals surface area contributed by atoms with Gasteiger partial charge in [0.1, 0.15) is 0 Å². The Bertz CT molecular complexity index is 430. The Morgan fingerprint density at radius 1 is 1.15 bits per heavy atom. The van der Waals surface area contributed by atoms with Gasteiger partial charge in [-0.05, 0) is 43.6 Å². The summed E-state index contributed by atoms with van der Waals surface area (Å²) in [6.45, 7) is 11.7.